The third-order valence-corrected chi connectivity index (χ3v) is 2.71. The van der Waals surface area contributed by atoms with Crippen LogP contribution in [0.4, 0.5) is 0 Å². The van der Waals surface area contributed by atoms with Crippen molar-refractivity contribution >= 4 is 6.29 Å². The highest BCUT2D eigenvalue weighted by molar-refractivity contribution is 5.50. The molecule has 1 unspecified atom stereocenters. The summed E-state index contributed by atoms with van der Waals surface area (Å²) in [4.78, 5) is 10.5. The third-order valence-electron chi connectivity index (χ3n) is 2.71. The minimum atomic E-state index is -1.14. The van der Waals surface area contributed by atoms with Crippen molar-refractivity contribution in [2.75, 3.05) is 26.4 Å². The molecule has 0 aromatic rings. The van der Waals surface area contributed by atoms with Crippen molar-refractivity contribution in [3.05, 3.63) is 36.5 Å². The van der Waals surface area contributed by atoms with E-state index in [1.165, 1.54) is 0 Å². The SMILES string of the molecule is CCOC(C=CC=CC=CC(OCC)(OCC)OCC)CC=O. The molecule has 0 saturated carbocycles. The minimum Gasteiger partial charge on any atom is -0.374 e. The first-order chi connectivity index (χ1) is 11.2. The highest BCUT2D eigenvalue weighted by atomic mass is 16.9. The number of allylic oxidation sites excluding steroid dienone is 4. The summed E-state index contributed by atoms with van der Waals surface area (Å²) in [5, 5.41) is 0. The summed E-state index contributed by atoms with van der Waals surface area (Å²) in [6.45, 7) is 9.59. The molecule has 0 rings (SSSR count). The van der Waals surface area contributed by atoms with Crippen LogP contribution in [0.2, 0.25) is 0 Å². The first-order valence-electron chi connectivity index (χ1n) is 8.17. The van der Waals surface area contributed by atoms with Crippen molar-refractivity contribution in [1.29, 1.82) is 0 Å². The van der Waals surface area contributed by atoms with E-state index in [-0.39, 0.29) is 6.10 Å². The number of hydrogen-bond donors (Lipinski definition) is 0. The van der Waals surface area contributed by atoms with E-state index in [2.05, 4.69) is 0 Å². The zero-order valence-corrected chi connectivity index (χ0v) is 14.7. The molecular weight excluding hydrogens is 296 g/mol. The lowest BCUT2D eigenvalue weighted by atomic mass is 10.2. The maximum Gasteiger partial charge on any atom is 0.304 e. The second-order valence-electron chi connectivity index (χ2n) is 4.43. The van der Waals surface area contributed by atoms with Crippen LogP contribution >= 0.6 is 0 Å². The topological polar surface area (TPSA) is 54.0 Å². The van der Waals surface area contributed by atoms with Gasteiger partial charge in [0.25, 0.3) is 0 Å². The number of carbonyl (C=O) groups is 1. The summed E-state index contributed by atoms with van der Waals surface area (Å²) in [7, 11) is 0. The van der Waals surface area contributed by atoms with Gasteiger partial charge in [-0.2, -0.15) is 0 Å². The molecule has 5 heteroatoms. The summed E-state index contributed by atoms with van der Waals surface area (Å²) in [6.07, 6.45) is 12.0. The predicted molar refractivity (Wildman–Crippen MR) is 91.1 cm³/mol. The lowest BCUT2D eigenvalue weighted by Crippen LogP contribution is -2.37. The van der Waals surface area contributed by atoms with Crippen molar-refractivity contribution in [1.82, 2.24) is 0 Å². The van der Waals surface area contributed by atoms with E-state index >= 15 is 0 Å². The van der Waals surface area contributed by atoms with Gasteiger partial charge in [-0.3, -0.25) is 0 Å². The Morgan fingerprint density at radius 3 is 1.87 bits per heavy atom. The molecule has 0 fully saturated rings. The Balaban J connectivity index is 4.67. The van der Waals surface area contributed by atoms with E-state index in [0.29, 0.717) is 32.8 Å². The first kappa shape index (κ1) is 21.7. The van der Waals surface area contributed by atoms with Gasteiger partial charge in [0.1, 0.15) is 6.29 Å². The Hall–Kier alpha value is -1.27. The van der Waals surface area contributed by atoms with Crippen LogP contribution in [0.25, 0.3) is 0 Å². The van der Waals surface area contributed by atoms with Gasteiger partial charge in [0.05, 0.1) is 6.10 Å². The number of rotatable bonds is 14. The van der Waals surface area contributed by atoms with E-state index < -0.39 is 5.97 Å². The van der Waals surface area contributed by atoms with Crippen molar-refractivity contribution in [3.63, 3.8) is 0 Å². The monoisotopic (exact) mass is 326 g/mol. The molecular formula is C18H30O5. The molecule has 0 amide bonds. The van der Waals surface area contributed by atoms with Crippen LogP contribution < -0.4 is 0 Å². The third kappa shape index (κ3) is 10.2. The maximum atomic E-state index is 10.5. The van der Waals surface area contributed by atoms with Gasteiger partial charge in [-0.25, -0.2) is 0 Å². The van der Waals surface area contributed by atoms with Gasteiger partial charge >= 0.3 is 5.97 Å². The van der Waals surface area contributed by atoms with Gasteiger partial charge < -0.3 is 23.7 Å². The highest BCUT2D eigenvalue weighted by Gasteiger charge is 2.28. The predicted octanol–water partition coefficient (Wildman–Crippen LogP) is 3.41. The zero-order valence-electron chi connectivity index (χ0n) is 14.7. The number of carbonyl (C=O) groups excluding carboxylic acids is 1. The quantitative estimate of drug-likeness (QED) is 0.278. The van der Waals surface area contributed by atoms with Gasteiger partial charge in [-0.05, 0) is 27.7 Å². The smallest absolute Gasteiger partial charge is 0.304 e. The molecule has 1 atom stereocenters. The van der Waals surface area contributed by atoms with Gasteiger partial charge in [0.15, 0.2) is 0 Å². The standard InChI is InChI=1S/C18H30O5/c1-5-20-17(14-16-19)13-11-9-10-12-15-18(21-6-2,22-7-3)23-8-4/h9-13,15-17H,5-8,14H2,1-4H3. The molecule has 0 heterocycles. The van der Waals surface area contributed by atoms with E-state index in [4.69, 9.17) is 18.9 Å². The second kappa shape index (κ2) is 14.3. The number of aldehydes is 1. The zero-order chi connectivity index (χ0) is 17.4. The average Bonchev–Trinajstić information content (AvgIpc) is 2.52. The first-order valence-corrected chi connectivity index (χ1v) is 8.17. The van der Waals surface area contributed by atoms with E-state index in [1.807, 2.05) is 52.0 Å². The molecule has 0 aliphatic carbocycles. The molecule has 5 nitrogen and oxygen atoms in total. The Bertz CT molecular complexity index is 357. The maximum absolute atomic E-state index is 10.5. The normalized spacial score (nSPS) is 14.3. The van der Waals surface area contributed by atoms with Gasteiger partial charge in [0, 0.05) is 38.9 Å². The Kier molecular flexibility index (Phi) is 13.5. The lowest BCUT2D eigenvalue weighted by Gasteiger charge is -2.29. The molecule has 0 aromatic heterocycles. The Morgan fingerprint density at radius 2 is 1.39 bits per heavy atom. The van der Waals surface area contributed by atoms with E-state index in [0.717, 1.165) is 6.29 Å². The molecule has 0 spiro atoms. The van der Waals surface area contributed by atoms with E-state index in [9.17, 15) is 4.79 Å². The molecule has 0 N–H and O–H groups in total. The molecule has 0 radical (unpaired) electrons. The molecule has 0 saturated heterocycles. The summed E-state index contributed by atoms with van der Waals surface area (Å²) >= 11 is 0. The minimum absolute atomic E-state index is 0.180. The van der Waals surface area contributed by atoms with Crippen LogP contribution in [-0.2, 0) is 23.7 Å². The Labute approximate surface area is 139 Å². The fourth-order valence-corrected chi connectivity index (χ4v) is 1.87. The summed E-state index contributed by atoms with van der Waals surface area (Å²) in [6, 6.07) is 0. The molecule has 0 aliphatic heterocycles. The molecule has 23 heavy (non-hydrogen) atoms. The molecule has 0 bridgehead atoms. The van der Waals surface area contributed by atoms with Gasteiger partial charge in [-0.1, -0.05) is 30.4 Å². The molecule has 132 valence electrons. The fraction of sp³-hybridized carbons (Fsp3) is 0.611. The van der Waals surface area contributed by atoms with Crippen molar-refractivity contribution < 1.29 is 23.7 Å². The van der Waals surface area contributed by atoms with Crippen molar-refractivity contribution in [3.8, 4) is 0 Å². The van der Waals surface area contributed by atoms with Crippen LogP contribution in [0.1, 0.15) is 34.1 Å². The summed E-state index contributed by atoms with van der Waals surface area (Å²) < 4.78 is 22.1. The van der Waals surface area contributed by atoms with Crippen molar-refractivity contribution in [2.24, 2.45) is 0 Å². The average molecular weight is 326 g/mol. The fourth-order valence-electron chi connectivity index (χ4n) is 1.87. The summed E-state index contributed by atoms with van der Waals surface area (Å²) in [5.41, 5.74) is 0. The van der Waals surface area contributed by atoms with Crippen LogP contribution in [-0.4, -0.2) is 44.8 Å². The molecule has 0 aromatic carbocycles. The van der Waals surface area contributed by atoms with Crippen LogP contribution in [0.3, 0.4) is 0 Å². The Morgan fingerprint density at radius 1 is 0.826 bits per heavy atom. The lowest BCUT2D eigenvalue weighted by molar-refractivity contribution is -0.345. The number of hydrogen-bond acceptors (Lipinski definition) is 5. The highest BCUT2D eigenvalue weighted by Crippen LogP contribution is 2.17. The van der Waals surface area contributed by atoms with Crippen LogP contribution in [0, 0.1) is 0 Å². The molecule has 0 aliphatic rings. The second-order valence-corrected chi connectivity index (χ2v) is 4.43. The number of ether oxygens (including phenoxy) is 4. The van der Waals surface area contributed by atoms with E-state index in [1.54, 1.807) is 12.2 Å². The summed E-state index contributed by atoms with van der Waals surface area (Å²) in [5.74, 6) is -1.14. The van der Waals surface area contributed by atoms with Crippen LogP contribution in [0.5, 0.6) is 0 Å². The van der Waals surface area contributed by atoms with Gasteiger partial charge in [-0.15, -0.1) is 0 Å². The van der Waals surface area contributed by atoms with Gasteiger partial charge in [0.2, 0.25) is 0 Å². The largest absolute Gasteiger partial charge is 0.374 e. The van der Waals surface area contributed by atoms with Crippen LogP contribution in [0.15, 0.2) is 36.5 Å². The van der Waals surface area contributed by atoms with Crippen molar-refractivity contribution in [2.45, 2.75) is 46.2 Å².